The summed E-state index contributed by atoms with van der Waals surface area (Å²) >= 11 is 0. The standard InChI is InChI=1S/C26H31FN4O/c1-29(2)22-15-16-31(18-22)25-13-11-21(17-23(25)27)30(3)26(32)14-10-20-9-12-24(28-20)19-7-5-4-6-8-19/h4-9,11-13,17,22,28H,10,14-16,18H2,1-3H3. The Balaban J connectivity index is 1.36. The predicted molar refractivity (Wildman–Crippen MR) is 129 cm³/mol. The molecule has 2 aromatic carbocycles. The van der Waals surface area contributed by atoms with Crippen LogP contribution in [0, 0.1) is 5.82 Å². The summed E-state index contributed by atoms with van der Waals surface area (Å²) in [4.78, 5) is 21.9. The maximum absolute atomic E-state index is 14.9. The number of nitrogens with zero attached hydrogens (tertiary/aromatic N) is 3. The van der Waals surface area contributed by atoms with Crippen LogP contribution in [0.2, 0.25) is 0 Å². The van der Waals surface area contributed by atoms with Crippen LogP contribution in [0.3, 0.4) is 0 Å². The van der Waals surface area contributed by atoms with E-state index >= 15 is 0 Å². The number of hydrogen-bond donors (Lipinski definition) is 1. The van der Waals surface area contributed by atoms with Gasteiger partial charge in [0.05, 0.1) is 5.69 Å². The average molecular weight is 435 g/mol. The summed E-state index contributed by atoms with van der Waals surface area (Å²) in [6.45, 7) is 1.66. The number of aryl methyl sites for hydroxylation is 1. The number of likely N-dealkylation sites (N-methyl/N-ethyl adjacent to an activating group) is 1. The van der Waals surface area contributed by atoms with Crippen LogP contribution in [0.5, 0.6) is 0 Å². The summed E-state index contributed by atoms with van der Waals surface area (Å²) in [6.07, 6.45) is 1.98. The molecule has 1 aliphatic rings. The Morgan fingerprint density at radius 2 is 1.88 bits per heavy atom. The smallest absolute Gasteiger partial charge is 0.227 e. The number of aromatic nitrogens is 1. The second-order valence-corrected chi connectivity index (χ2v) is 8.70. The highest BCUT2D eigenvalue weighted by molar-refractivity contribution is 5.93. The molecule has 1 unspecified atom stereocenters. The van der Waals surface area contributed by atoms with Crippen molar-refractivity contribution in [3.63, 3.8) is 0 Å². The van der Waals surface area contributed by atoms with Gasteiger partial charge in [-0.25, -0.2) is 4.39 Å². The third-order valence-electron chi connectivity index (χ3n) is 6.37. The summed E-state index contributed by atoms with van der Waals surface area (Å²) in [5.74, 6) is -0.319. The van der Waals surface area contributed by atoms with Gasteiger partial charge >= 0.3 is 0 Å². The molecular weight excluding hydrogens is 403 g/mol. The Morgan fingerprint density at radius 1 is 1.09 bits per heavy atom. The molecule has 0 radical (unpaired) electrons. The first-order valence-electron chi connectivity index (χ1n) is 11.1. The maximum atomic E-state index is 14.9. The number of amides is 1. The minimum absolute atomic E-state index is 0.0399. The van der Waals surface area contributed by atoms with Gasteiger partial charge in [-0.15, -0.1) is 0 Å². The second kappa shape index (κ2) is 9.57. The van der Waals surface area contributed by atoms with Crippen molar-refractivity contribution in [2.75, 3.05) is 44.0 Å². The molecule has 6 heteroatoms. The molecule has 1 aromatic heterocycles. The first-order chi connectivity index (χ1) is 15.4. The topological polar surface area (TPSA) is 42.6 Å². The van der Waals surface area contributed by atoms with Gasteiger partial charge in [0.2, 0.25) is 5.91 Å². The minimum atomic E-state index is -0.279. The van der Waals surface area contributed by atoms with E-state index in [1.807, 2.05) is 36.4 Å². The maximum Gasteiger partial charge on any atom is 0.227 e. The van der Waals surface area contributed by atoms with E-state index in [1.54, 1.807) is 18.0 Å². The first-order valence-corrected chi connectivity index (χ1v) is 11.1. The lowest BCUT2D eigenvalue weighted by Gasteiger charge is -2.23. The Kier molecular flexibility index (Phi) is 6.61. The predicted octanol–water partition coefficient (Wildman–Crippen LogP) is 4.56. The fourth-order valence-electron chi connectivity index (χ4n) is 4.27. The van der Waals surface area contributed by atoms with E-state index in [0.29, 0.717) is 30.3 Å². The van der Waals surface area contributed by atoms with Crippen LogP contribution >= 0.6 is 0 Å². The SMILES string of the molecule is CN(C(=O)CCc1ccc(-c2ccccc2)[nH]1)c1ccc(N2CCC(N(C)C)C2)c(F)c1. The van der Waals surface area contributed by atoms with Gasteiger partial charge in [0.25, 0.3) is 0 Å². The van der Waals surface area contributed by atoms with Gasteiger partial charge in [-0.1, -0.05) is 30.3 Å². The molecule has 1 aliphatic heterocycles. The minimum Gasteiger partial charge on any atom is -0.368 e. The van der Waals surface area contributed by atoms with Crippen LogP contribution < -0.4 is 9.80 Å². The van der Waals surface area contributed by atoms with Crippen LogP contribution in [-0.4, -0.2) is 56.1 Å². The number of benzene rings is 2. The summed E-state index contributed by atoms with van der Waals surface area (Å²) in [5.41, 5.74) is 4.36. The number of nitrogens with one attached hydrogen (secondary N) is 1. The Bertz CT molecular complexity index is 1060. The van der Waals surface area contributed by atoms with Crippen molar-refractivity contribution in [2.24, 2.45) is 0 Å². The Hall–Kier alpha value is -3.12. The molecule has 1 fully saturated rings. The van der Waals surface area contributed by atoms with Crippen molar-refractivity contribution < 1.29 is 9.18 Å². The summed E-state index contributed by atoms with van der Waals surface area (Å²) in [5, 5.41) is 0. The van der Waals surface area contributed by atoms with Crippen molar-refractivity contribution in [1.29, 1.82) is 0 Å². The van der Waals surface area contributed by atoms with Crippen LogP contribution in [0.25, 0.3) is 11.3 Å². The lowest BCUT2D eigenvalue weighted by molar-refractivity contribution is -0.118. The average Bonchev–Trinajstić information content (AvgIpc) is 3.48. The zero-order valence-electron chi connectivity index (χ0n) is 19.0. The van der Waals surface area contributed by atoms with Crippen LogP contribution in [0.4, 0.5) is 15.8 Å². The molecule has 0 saturated carbocycles. The van der Waals surface area contributed by atoms with Gasteiger partial charge in [-0.05, 0) is 62.8 Å². The number of carbonyl (C=O) groups is 1. The van der Waals surface area contributed by atoms with Crippen molar-refractivity contribution in [3.05, 3.63) is 72.2 Å². The second-order valence-electron chi connectivity index (χ2n) is 8.70. The fraction of sp³-hybridized carbons (Fsp3) is 0.346. The Morgan fingerprint density at radius 3 is 2.56 bits per heavy atom. The summed E-state index contributed by atoms with van der Waals surface area (Å²) in [6, 6.07) is 19.7. The Labute approximate surface area is 189 Å². The molecule has 1 amide bonds. The molecule has 4 rings (SSSR count). The molecule has 168 valence electrons. The highest BCUT2D eigenvalue weighted by Gasteiger charge is 2.26. The van der Waals surface area contributed by atoms with E-state index in [2.05, 4.69) is 41.0 Å². The highest BCUT2D eigenvalue weighted by Crippen LogP contribution is 2.28. The van der Waals surface area contributed by atoms with Gasteiger partial charge in [0.15, 0.2) is 0 Å². The molecule has 1 saturated heterocycles. The van der Waals surface area contributed by atoms with E-state index in [-0.39, 0.29) is 11.7 Å². The third kappa shape index (κ3) is 4.86. The zero-order valence-corrected chi connectivity index (χ0v) is 19.0. The summed E-state index contributed by atoms with van der Waals surface area (Å²) in [7, 11) is 5.83. The monoisotopic (exact) mass is 434 g/mol. The van der Waals surface area contributed by atoms with Gasteiger partial charge < -0.3 is 19.7 Å². The molecule has 0 spiro atoms. The van der Waals surface area contributed by atoms with E-state index in [0.717, 1.165) is 36.5 Å². The number of halogens is 1. The lowest BCUT2D eigenvalue weighted by atomic mass is 10.2. The number of aromatic amines is 1. The van der Waals surface area contributed by atoms with Gasteiger partial charge in [-0.2, -0.15) is 0 Å². The zero-order chi connectivity index (χ0) is 22.7. The molecular formula is C26H31FN4O. The molecule has 1 atom stereocenters. The van der Waals surface area contributed by atoms with Gasteiger partial charge in [0, 0.05) is 49.7 Å². The summed E-state index contributed by atoms with van der Waals surface area (Å²) < 4.78 is 14.9. The third-order valence-corrected chi connectivity index (χ3v) is 6.37. The van der Waals surface area contributed by atoms with Crippen molar-refractivity contribution in [2.45, 2.75) is 25.3 Å². The number of anilines is 2. The number of hydrogen-bond acceptors (Lipinski definition) is 3. The van der Waals surface area contributed by atoms with Crippen LogP contribution in [-0.2, 0) is 11.2 Å². The van der Waals surface area contributed by atoms with Crippen LogP contribution in [0.15, 0.2) is 60.7 Å². The van der Waals surface area contributed by atoms with E-state index in [9.17, 15) is 9.18 Å². The lowest BCUT2D eigenvalue weighted by Crippen LogP contribution is -2.31. The number of rotatable bonds is 7. The first kappa shape index (κ1) is 22.1. The normalized spacial score (nSPS) is 16.0. The van der Waals surface area contributed by atoms with Crippen molar-refractivity contribution in [1.82, 2.24) is 9.88 Å². The molecule has 32 heavy (non-hydrogen) atoms. The van der Waals surface area contributed by atoms with E-state index < -0.39 is 0 Å². The largest absolute Gasteiger partial charge is 0.368 e. The molecule has 0 aliphatic carbocycles. The number of H-pyrrole nitrogens is 1. The number of carbonyl (C=O) groups excluding carboxylic acids is 1. The van der Waals surface area contributed by atoms with Crippen molar-refractivity contribution in [3.8, 4) is 11.3 Å². The van der Waals surface area contributed by atoms with Gasteiger partial charge in [0.1, 0.15) is 5.82 Å². The van der Waals surface area contributed by atoms with Crippen LogP contribution in [0.1, 0.15) is 18.5 Å². The van der Waals surface area contributed by atoms with E-state index in [4.69, 9.17) is 0 Å². The molecule has 2 heterocycles. The fourth-order valence-corrected chi connectivity index (χ4v) is 4.27. The molecule has 3 aromatic rings. The quantitative estimate of drug-likeness (QED) is 0.593. The van der Waals surface area contributed by atoms with Crippen molar-refractivity contribution >= 4 is 17.3 Å². The van der Waals surface area contributed by atoms with E-state index in [1.165, 1.54) is 6.07 Å². The van der Waals surface area contributed by atoms with Gasteiger partial charge in [-0.3, -0.25) is 4.79 Å². The molecule has 1 N–H and O–H groups in total. The highest BCUT2D eigenvalue weighted by atomic mass is 19.1. The molecule has 0 bridgehead atoms. The molecule has 5 nitrogen and oxygen atoms in total.